The summed E-state index contributed by atoms with van der Waals surface area (Å²) in [6.45, 7) is 6.51. The molecule has 1 unspecified atom stereocenters. The minimum Gasteiger partial charge on any atom is -0.494 e. The number of anilines is 2. The van der Waals surface area contributed by atoms with Crippen LogP contribution in [-0.2, 0) is 11.2 Å². The molecule has 37 heavy (non-hydrogen) atoms. The molecule has 196 valence electrons. The second-order valence-corrected chi connectivity index (χ2v) is 9.56. The average Bonchev–Trinajstić information content (AvgIpc) is 2.91. The van der Waals surface area contributed by atoms with E-state index in [1.807, 2.05) is 57.4 Å². The molecule has 0 aliphatic carbocycles. The maximum absolute atomic E-state index is 13.4. The van der Waals surface area contributed by atoms with Gasteiger partial charge >= 0.3 is 0 Å². The number of amides is 1. The van der Waals surface area contributed by atoms with Crippen molar-refractivity contribution in [3.8, 4) is 5.75 Å². The van der Waals surface area contributed by atoms with E-state index in [4.69, 9.17) is 4.74 Å². The predicted molar refractivity (Wildman–Crippen MR) is 148 cm³/mol. The number of hydrogen-bond donors (Lipinski definition) is 1. The maximum Gasteiger partial charge on any atom is 0.224 e. The quantitative estimate of drug-likeness (QED) is 0.440. The van der Waals surface area contributed by atoms with Crippen molar-refractivity contribution >= 4 is 17.3 Å². The Morgan fingerprint density at radius 1 is 0.946 bits per heavy atom. The molecule has 1 N–H and O–H groups in total. The molecule has 0 spiro atoms. The van der Waals surface area contributed by atoms with Crippen LogP contribution in [0.4, 0.5) is 15.8 Å². The van der Waals surface area contributed by atoms with Crippen molar-refractivity contribution in [1.82, 2.24) is 10.2 Å². The van der Waals surface area contributed by atoms with E-state index in [-0.39, 0.29) is 17.8 Å². The van der Waals surface area contributed by atoms with Gasteiger partial charge in [0, 0.05) is 58.2 Å². The van der Waals surface area contributed by atoms with Gasteiger partial charge in [-0.25, -0.2) is 4.39 Å². The summed E-state index contributed by atoms with van der Waals surface area (Å²) in [5.41, 5.74) is 4.32. The molecule has 0 bridgehead atoms. The molecule has 3 aromatic rings. The zero-order chi connectivity index (χ0) is 26.2. The fraction of sp³-hybridized carbons (Fsp3) is 0.367. The number of nitrogens with zero attached hydrogens (tertiary/aromatic N) is 3. The van der Waals surface area contributed by atoms with E-state index >= 15 is 0 Å². The second-order valence-electron chi connectivity index (χ2n) is 9.56. The van der Waals surface area contributed by atoms with Crippen LogP contribution in [0.5, 0.6) is 5.75 Å². The molecule has 4 rings (SSSR count). The summed E-state index contributed by atoms with van der Waals surface area (Å²) >= 11 is 0. The third-order valence-electron chi connectivity index (χ3n) is 6.83. The third-order valence-corrected chi connectivity index (χ3v) is 6.83. The number of piperazine rings is 1. The van der Waals surface area contributed by atoms with E-state index in [9.17, 15) is 9.18 Å². The van der Waals surface area contributed by atoms with Gasteiger partial charge in [-0.1, -0.05) is 24.3 Å². The molecule has 1 saturated heterocycles. The molecule has 1 aliphatic rings. The van der Waals surface area contributed by atoms with E-state index < -0.39 is 0 Å². The number of nitrogens with one attached hydrogen (secondary N) is 1. The molecule has 1 aliphatic heterocycles. The van der Waals surface area contributed by atoms with Crippen molar-refractivity contribution in [2.24, 2.45) is 0 Å². The highest BCUT2D eigenvalue weighted by Gasteiger charge is 2.26. The van der Waals surface area contributed by atoms with Gasteiger partial charge in [0.2, 0.25) is 5.91 Å². The number of ether oxygens (including phenoxy) is 1. The summed E-state index contributed by atoms with van der Waals surface area (Å²) in [5, 5.41) is 3.18. The molecule has 1 atom stereocenters. The Balaban J connectivity index is 1.41. The van der Waals surface area contributed by atoms with Gasteiger partial charge in [0.1, 0.15) is 11.6 Å². The second kappa shape index (κ2) is 12.6. The summed E-state index contributed by atoms with van der Waals surface area (Å²) in [5.74, 6) is 0.598. The van der Waals surface area contributed by atoms with E-state index in [1.165, 1.54) is 17.7 Å². The fourth-order valence-electron chi connectivity index (χ4n) is 4.72. The Morgan fingerprint density at radius 2 is 1.59 bits per heavy atom. The first-order valence-corrected chi connectivity index (χ1v) is 12.9. The Bertz CT molecular complexity index is 1130. The Morgan fingerprint density at radius 3 is 2.19 bits per heavy atom. The van der Waals surface area contributed by atoms with Crippen LogP contribution >= 0.6 is 0 Å². The van der Waals surface area contributed by atoms with Crippen molar-refractivity contribution in [2.75, 3.05) is 63.2 Å². The minimum absolute atomic E-state index is 0.00372. The summed E-state index contributed by atoms with van der Waals surface area (Å²) in [6.07, 6.45) is 0.330. The minimum atomic E-state index is -0.218. The van der Waals surface area contributed by atoms with Crippen LogP contribution in [-0.4, -0.2) is 64.2 Å². The summed E-state index contributed by atoms with van der Waals surface area (Å²) in [4.78, 5) is 19.6. The highest BCUT2D eigenvalue weighted by atomic mass is 19.1. The molecule has 6 nitrogen and oxygen atoms in total. The predicted octanol–water partition coefficient (Wildman–Crippen LogP) is 4.51. The van der Waals surface area contributed by atoms with Gasteiger partial charge in [0.15, 0.2) is 0 Å². The summed E-state index contributed by atoms with van der Waals surface area (Å²) in [6, 6.07) is 23.0. The van der Waals surface area contributed by atoms with Crippen molar-refractivity contribution in [3.05, 3.63) is 89.7 Å². The fourth-order valence-corrected chi connectivity index (χ4v) is 4.72. The summed E-state index contributed by atoms with van der Waals surface area (Å²) in [7, 11) is 4.06. The lowest BCUT2D eigenvalue weighted by molar-refractivity contribution is -0.120. The van der Waals surface area contributed by atoms with Crippen LogP contribution in [0.15, 0.2) is 72.8 Å². The highest BCUT2D eigenvalue weighted by molar-refractivity contribution is 5.78. The molecule has 0 radical (unpaired) electrons. The smallest absolute Gasteiger partial charge is 0.224 e. The zero-order valence-corrected chi connectivity index (χ0v) is 22.0. The van der Waals surface area contributed by atoms with Gasteiger partial charge in [0.05, 0.1) is 19.1 Å². The summed E-state index contributed by atoms with van der Waals surface area (Å²) < 4.78 is 18.9. The molecule has 1 fully saturated rings. The largest absolute Gasteiger partial charge is 0.494 e. The first kappa shape index (κ1) is 26.5. The standard InChI is InChI=1S/C30H37FN4O2/c1-4-37-28-15-5-23(6-16-28)21-30(36)32-22-29(24-7-11-26(12-8-24)33(2)3)35-19-17-34(18-20-35)27-13-9-25(31)10-14-27/h5-16,29H,4,17-22H2,1-3H3,(H,32,36). The Kier molecular flexibility index (Phi) is 9.01. The molecular weight excluding hydrogens is 467 g/mol. The van der Waals surface area contributed by atoms with Gasteiger partial charge < -0.3 is 19.9 Å². The molecule has 7 heteroatoms. The first-order chi connectivity index (χ1) is 17.9. The van der Waals surface area contributed by atoms with E-state index in [2.05, 4.69) is 44.3 Å². The Hall–Kier alpha value is -3.58. The van der Waals surface area contributed by atoms with E-state index in [1.54, 1.807) is 0 Å². The molecule has 1 heterocycles. The SMILES string of the molecule is CCOc1ccc(CC(=O)NCC(c2ccc(N(C)C)cc2)N2CCN(c3ccc(F)cc3)CC2)cc1. The van der Waals surface area contributed by atoms with Crippen LogP contribution in [0, 0.1) is 5.82 Å². The third kappa shape index (κ3) is 7.23. The van der Waals surface area contributed by atoms with Crippen molar-refractivity contribution in [2.45, 2.75) is 19.4 Å². The number of carbonyl (C=O) groups is 1. The normalized spacial score (nSPS) is 14.8. The maximum atomic E-state index is 13.4. The van der Waals surface area contributed by atoms with E-state index in [0.29, 0.717) is 19.6 Å². The van der Waals surface area contributed by atoms with E-state index in [0.717, 1.165) is 48.9 Å². The van der Waals surface area contributed by atoms with Gasteiger partial charge in [-0.2, -0.15) is 0 Å². The molecule has 3 aromatic carbocycles. The number of benzene rings is 3. The Labute approximate surface area is 219 Å². The zero-order valence-electron chi connectivity index (χ0n) is 22.0. The first-order valence-electron chi connectivity index (χ1n) is 12.9. The number of carbonyl (C=O) groups excluding carboxylic acids is 1. The van der Waals surface area contributed by atoms with Gasteiger partial charge in [-0.3, -0.25) is 9.69 Å². The van der Waals surface area contributed by atoms with Gasteiger partial charge in [0.25, 0.3) is 0 Å². The van der Waals surface area contributed by atoms with Crippen LogP contribution in [0.25, 0.3) is 0 Å². The van der Waals surface area contributed by atoms with Crippen LogP contribution in [0.1, 0.15) is 24.1 Å². The monoisotopic (exact) mass is 504 g/mol. The number of rotatable bonds is 10. The molecule has 0 aromatic heterocycles. The van der Waals surface area contributed by atoms with Crippen molar-refractivity contribution < 1.29 is 13.9 Å². The lowest BCUT2D eigenvalue weighted by Gasteiger charge is -2.40. The lowest BCUT2D eigenvalue weighted by Crippen LogP contribution is -2.50. The van der Waals surface area contributed by atoms with Crippen LogP contribution in [0.2, 0.25) is 0 Å². The number of halogens is 1. The average molecular weight is 505 g/mol. The van der Waals surface area contributed by atoms with Gasteiger partial charge in [-0.15, -0.1) is 0 Å². The molecule has 0 saturated carbocycles. The topological polar surface area (TPSA) is 48.1 Å². The van der Waals surface area contributed by atoms with Crippen molar-refractivity contribution in [3.63, 3.8) is 0 Å². The number of hydrogen-bond acceptors (Lipinski definition) is 5. The highest BCUT2D eigenvalue weighted by Crippen LogP contribution is 2.26. The molecule has 1 amide bonds. The van der Waals surface area contributed by atoms with Gasteiger partial charge in [-0.05, 0) is 66.6 Å². The van der Waals surface area contributed by atoms with Crippen molar-refractivity contribution in [1.29, 1.82) is 0 Å². The van der Waals surface area contributed by atoms with Crippen LogP contribution < -0.4 is 19.9 Å². The van der Waals surface area contributed by atoms with Crippen LogP contribution in [0.3, 0.4) is 0 Å². The lowest BCUT2D eigenvalue weighted by atomic mass is 10.0. The molecular formula is C30H37FN4O2.